The van der Waals surface area contributed by atoms with Crippen LogP contribution in [-0.4, -0.2) is 58.2 Å². The summed E-state index contributed by atoms with van der Waals surface area (Å²) in [7, 11) is 0. The molecule has 1 aromatic rings. The van der Waals surface area contributed by atoms with Gasteiger partial charge >= 0.3 is 6.09 Å². The van der Waals surface area contributed by atoms with Gasteiger partial charge < -0.3 is 19.1 Å². The van der Waals surface area contributed by atoms with Crippen LogP contribution >= 0.6 is 0 Å². The highest BCUT2D eigenvalue weighted by Gasteiger charge is 2.48. The Balaban J connectivity index is 1.60. The molecule has 0 bridgehead atoms. The maximum absolute atomic E-state index is 12.4. The van der Waals surface area contributed by atoms with Gasteiger partial charge in [-0.2, -0.15) is 0 Å². The summed E-state index contributed by atoms with van der Waals surface area (Å²) in [5.74, 6) is 0.121. The van der Waals surface area contributed by atoms with Crippen molar-refractivity contribution in [2.45, 2.75) is 58.1 Å². The lowest BCUT2D eigenvalue weighted by atomic mass is 9.91. The first-order valence-corrected chi connectivity index (χ1v) is 8.66. The fourth-order valence-corrected chi connectivity index (χ4v) is 3.56. The number of nitrogens with zero attached hydrogens (tertiary/aromatic N) is 3. The van der Waals surface area contributed by atoms with E-state index in [1.165, 1.54) is 0 Å². The summed E-state index contributed by atoms with van der Waals surface area (Å²) in [4.78, 5) is 28.2. The van der Waals surface area contributed by atoms with Crippen molar-refractivity contribution in [1.29, 1.82) is 0 Å². The second kappa shape index (κ2) is 6.45. The van der Waals surface area contributed by atoms with Crippen LogP contribution in [0.3, 0.4) is 0 Å². The monoisotopic (exact) mass is 335 g/mol. The van der Waals surface area contributed by atoms with Crippen LogP contribution in [0.2, 0.25) is 0 Å². The normalized spacial score (nSPS) is 21.2. The van der Waals surface area contributed by atoms with Gasteiger partial charge in [-0.15, -0.1) is 0 Å². The SMILES string of the molecule is CCCC(C)N1CC2(CCN(C(=O)c3cc(C)no3)CC2)OC1=O. The molecule has 0 aliphatic carbocycles. The van der Waals surface area contributed by atoms with Gasteiger partial charge in [-0.3, -0.25) is 4.79 Å². The Morgan fingerprint density at radius 1 is 1.42 bits per heavy atom. The van der Waals surface area contributed by atoms with Crippen molar-refractivity contribution in [2.24, 2.45) is 0 Å². The molecule has 0 N–H and O–H groups in total. The van der Waals surface area contributed by atoms with Gasteiger partial charge in [0.25, 0.3) is 5.91 Å². The lowest BCUT2D eigenvalue weighted by Crippen LogP contribution is -2.49. The van der Waals surface area contributed by atoms with E-state index in [4.69, 9.17) is 9.26 Å². The first-order chi connectivity index (χ1) is 11.4. The number of piperidine rings is 1. The van der Waals surface area contributed by atoms with Gasteiger partial charge in [0.2, 0.25) is 5.76 Å². The zero-order valence-corrected chi connectivity index (χ0v) is 14.6. The lowest BCUT2D eigenvalue weighted by Gasteiger charge is -2.37. The van der Waals surface area contributed by atoms with Gasteiger partial charge in [0, 0.05) is 38.0 Å². The van der Waals surface area contributed by atoms with Crippen LogP contribution in [0.25, 0.3) is 0 Å². The largest absolute Gasteiger partial charge is 0.441 e. The van der Waals surface area contributed by atoms with E-state index >= 15 is 0 Å². The Labute approximate surface area is 141 Å². The first kappa shape index (κ1) is 16.8. The quantitative estimate of drug-likeness (QED) is 0.845. The van der Waals surface area contributed by atoms with E-state index in [1.807, 2.05) is 4.90 Å². The molecule has 2 saturated heterocycles. The van der Waals surface area contributed by atoms with Crippen LogP contribution in [0.15, 0.2) is 10.6 Å². The van der Waals surface area contributed by atoms with Crippen molar-refractivity contribution < 1.29 is 18.8 Å². The third kappa shape index (κ3) is 3.12. The molecule has 0 saturated carbocycles. The second-order valence-corrected chi connectivity index (χ2v) is 6.94. The molecule has 1 atom stereocenters. The summed E-state index contributed by atoms with van der Waals surface area (Å²) in [6.07, 6.45) is 3.11. The van der Waals surface area contributed by atoms with E-state index < -0.39 is 5.60 Å². The average Bonchev–Trinajstić information content (AvgIpc) is 3.12. The number of rotatable bonds is 4. The summed E-state index contributed by atoms with van der Waals surface area (Å²) >= 11 is 0. The number of aryl methyl sites for hydroxylation is 1. The molecule has 3 rings (SSSR count). The molecular weight excluding hydrogens is 310 g/mol. The minimum atomic E-state index is -0.451. The van der Waals surface area contributed by atoms with Gasteiger partial charge in [0.05, 0.1) is 12.2 Å². The van der Waals surface area contributed by atoms with Crippen molar-refractivity contribution >= 4 is 12.0 Å². The zero-order chi connectivity index (χ0) is 17.3. The number of hydrogen-bond acceptors (Lipinski definition) is 5. The van der Waals surface area contributed by atoms with Crippen LogP contribution in [0.4, 0.5) is 4.79 Å². The molecule has 24 heavy (non-hydrogen) atoms. The van der Waals surface area contributed by atoms with Crippen molar-refractivity contribution in [2.75, 3.05) is 19.6 Å². The second-order valence-electron chi connectivity index (χ2n) is 6.94. The minimum absolute atomic E-state index is 0.147. The topological polar surface area (TPSA) is 75.9 Å². The number of aromatic nitrogens is 1. The Bertz CT molecular complexity index is 619. The molecule has 2 aliphatic heterocycles. The molecule has 7 nitrogen and oxygen atoms in total. The number of ether oxygens (including phenoxy) is 1. The summed E-state index contributed by atoms with van der Waals surface area (Å²) in [6, 6.07) is 1.84. The predicted octanol–water partition coefficient (Wildman–Crippen LogP) is 2.60. The highest BCUT2D eigenvalue weighted by atomic mass is 16.6. The lowest BCUT2D eigenvalue weighted by molar-refractivity contribution is 0.00198. The highest BCUT2D eigenvalue weighted by molar-refractivity contribution is 5.91. The number of carbonyl (C=O) groups is 2. The van der Waals surface area contributed by atoms with Crippen molar-refractivity contribution in [3.8, 4) is 0 Å². The standard InChI is InChI=1S/C17H25N3O4/c1-4-5-13(3)20-11-17(23-16(20)22)6-8-19(9-7-17)15(21)14-10-12(2)18-24-14/h10,13H,4-9,11H2,1-3H3. The molecule has 1 aromatic heterocycles. The van der Waals surface area contributed by atoms with Crippen LogP contribution in [0, 0.1) is 6.92 Å². The highest BCUT2D eigenvalue weighted by Crippen LogP contribution is 2.35. The van der Waals surface area contributed by atoms with E-state index in [0.29, 0.717) is 38.2 Å². The summed E-state index contributed by atoms with van der Waals surface area (Å²) in [5, 5.41) is 3.76. The summed E-state index contributed by atoms with van der Waals surface area (Å²) in [5.41, 5.74) is 0.241. The third-order valence-electron chi connectivity index (χ3n) is 5.04. The Hall–Kier alpha value is -2.05. The van der Waals surface area contributed by atoms with E-state index in [1.54, 1.807) is 17.9 Å². The molecule has 132 valence electrons. The Morgan fingerprint density at radius 2 is 2.12 bits per heavy atom. The number of carbonyl (C=O) groups excluding carboxylic acids is 2. The maximum atomic E-state index is 12.4. The van der Waals surface area contributed by atoms with Crippen molar-refractivity contribution in [3.63, 3.8) is 0 Å². The van der Waals surface area contributed by atoms with Gasteiger partial charge in [0.1, 0.15) is 5.60 Å². The number of amides is 2. The van der Waals surface area contributed by atoms with Crippen LogP contribution in [0.5, 0.6) is 0 Å². The average molecular weight is 335 g/mol. The molecule has 0 aromatic carbocycles. The van der Waals surface area contributed by atoms with Gasteiger partial charge in [-0.25, -0.2) is 4.79 Å². The fraction of sp³-hybridized carbons (Fsp3) is 0.706. The van der Waals surface area contributed by atoms with Crippen molar-refractivity contribution in [3.05, 3.63) is 17.5 Å². The molecule has 1 unspecified atom stereocenters. The zero-order valence-electron chi connectivity index (χ0n) is 14.6. The molecular formula is C17H25N3O4. The molecule has 1 spiro atoms. The van der Waals surface area contributed by atoms with Gasteiger partial charge in [-0.05, 0) is 20.3 Å². The van der Waals surface area contributed by atoms with Crippen LogP contribution in [-0.2, 0) is 4.74 Å². The summed E-state index contributed by atoms with van der Waals surface area (Å²) < 4.78 is 10.8. The van der Waals surface area contributed by atoms with E-state index in [0.717, 1.165) is 12.8 Å². The first-order valence-electron chi connectivity index (χ1n) is 8.66. The minimum Gasteiger partial charge on any atom is -0.441 e. The Morgan fingerprint density at radius 3 is 2.71 bits per heavy atom. The number of likely N-dealkylation sites (tertiary alicyclic amines) is 1. The van der Waals surface area contributed by atoms with Crippen LogP contribution < -0.4 is 0 Å². The van der Waals surface area contributed by atoms with Gasteiger partial charge in [0.15, 0.2) is 0 Å². The Kier molecular flexibility index (Phi) is 4.51. The number of hydrogen-bond donors (Lipinski definition) is 0. The summed E-state index contributed by atoms with van der Waals surface area (Å²) in [6.45, 7) is 7.70. The molecule has 3 heterocycles. The predicted molar refractivity (Wildman–Crippen MR) is 86.7 cm³/mol. The molecule has 2 fully saturated rings. The van der Waals surface area contributed by atoms with E-state index in [9.17, 15) is 9.59 Å². The molecule has 2 aliphatic rings. The van der Waals surface area contributed by atoms with E-state index in [2.05, 4.69) is 19.0 Å². The van der Waals surface area contributed by atoms with Crippen LogP contribution in [0.1, 0.15) is 55.8 Å². The fourth-order valence-electron chi connectivity index (χ4n) is 3.56. The maximum Gasteiger partial charge on any atom is 0.410 e. The smallest absolute Gasteiger partial charge is 0.410 e. The van der Waals surface area contributed by atoms with E-state index in [-0.39, 0.29) is 23.8 Å². The third-order valence-corrected chi connectivity index (χ3v) is 5.04. The molecule has 7 heteroatoms. The molecule has 0 radical (unpaired) electrons. The van der Waals surface area contributed by atoms with Gasteiger partial charge in [-0.1, -0.05) is 18.5 Å². The molecule has 2 amide bonds. The van der Waals surface area contributed by atoms with Crippen molar-refractivity contribution in [1.82, 2.24) is 15.0 Å².